The number of halogens is 2. The van der Waals surface area contributed by atoms with Crippen molar-refractivity contribution in [2.24, 2.45) is 0 Å². The van der Waals surface area contributed by atoms with Gasteiger partial charge in [0.2, 0.25) is 0 Å². The van der Waals surface area contributed by atoms with Crippen molar-refractivity contribution < 1.29 is 4.74 Å². The number of benzene rings is 1. The zero-order valence-corrected chi connectivity index (χ0v) is 10.0. The molecule has 0 bridgehead atoms. The molecule has 1 nitrogen and oxygen atoms in total. The summed E-state index contributed by atoms with van der Waals surface area (Å²) in [6, 6.07) is 7.48. The normalized spacial score (nSPS) is 11.4. The van der Waals surface area contributed by atoms with Crippen molar-refractivity contribution in [3.63, 3.8) is 0 Å². The minimum absolute atomic E-state index is 0.231. The molecule has 0 amide bonds. The summed E-state index contributed by atoms with van der Waals surface area (Å²) >= 11 is 9.33. The molecule has 0 radical (unpaired) electrons. The van der Waals surface area contributed by atoms with Crippen molar-refractivity contribution in [3.8, 4) is 5.75 Å². The first-order valence-electron chi connectivity index (χ1n) is 4.05. The van der Waals surface area contributed by atoms with Crippen LogP contribution < -0.4 is 4.74 Å². The van der Waals surface area contributed by atoms with Crippen molar-refractivity contribution in [1.29, 1.82) is 0 Å². The molecule has 1 aromatic carbocycles. The van der Waals surface area contributed by atoms with Crippen molar-refractivity contribution in [2.75, 3.05) is 5.33 Å². The first kappa shape index (κ1) is 10.9. The lowest BCUT2D eigenvalue weighted by Crippen LogP contribution is -2.29. The Morgan fingerprint density at radius 2 is 2.00 bits per heavy atom. The van der Waals surface area contributed by atoms with Crippen LogP contribution in [0.15, 0.2) is 24.3 Å². The van der Waals surface area contributed by atoms with E-state index in [1.54, 1.807) is 0 Å². The van der Waals surface area contributed by atoms with E-state index < -0.39 is 0 Å². The van der Waals surface area contributed by atoms with Gasteiger partial charge in [-0.05, 0) is 26.0 Å². The number of ether oxygens (including phenoxy) is 1. The van der Waals surface area contributed by atoms with E-state index in [4.69, 9.17) is 16.3 Å². The maximum Gasteiger partial charge on any atom is 0.138 e. The van der Waals surface area contributed by atoms with Gasteiger partial charge in [-0.2, -0.15) is 0 Å². The van der Waals surface area contributed by atoms with E-state index in [-0.39, 0.29) is 5.60 Å². The lowest BCUT2D eigenvalue weighted by atomic mass is 10.2. The molecule has 3 heteroatoms. The molecule has 0 aromatic heterocycles. The van der Waals surface area contributed by atoms with Crippen LogP contribution in [0, 0.1) is 0 Å². The molecule has 0 aliphatic rings. The van der Waals surface area contributed by atoms with Crippen LogP contribution in [0.1, 0.15) is 13.8 Å². The van der Waals surface area contributed by atoms with E-state index in [1.165, 1.54) is 0 Å². The largest absolute Gasteiger partial charge is 0.485 e. The summed E-state index contributed by atoms with van der Waals surface area (Å²) in [5.41, 5.74) is -0.231. The fourth-order valence-electron chi connectivity index (χ4n) is 0.852. The maximum atomic E-state index is 5.95. The monoisotopic (exact) mass is 262 g/mol. The van der Waals surface area contributed by atoms with Gasteiger partial charge in [0, 0.05) is 5.33 Å². The smallest absolute Gasteiger partial charge is 0.138 e. The average Bonchev–Trinajstić information content (AvgIpc) is 2.09. The topological polar surface area (TPSA) is 9.23 Å². The Morgan fingerprint density at radius 3 is 2.54 bits per heavy atom. The van der Waals surface area contributed by atoms with Crippen LogP contribution in [0.4, 0.5) is 0 Å². The Morgan fingerprint density at radius 1 is 1.38 bits per heavy atom. The van der Waals surface area contributed by atoms with Crippen LogP contribution in [-0.4, -0.2) is 10.9 Å². The van der Waals surface area contributed by atoms with Crippen molar-refractivity contribution >= 4 is 27.5 Å². The lowest BCUT2D eigenvalue weighted by molar-refractivity contribution is 0.137. The number of rotatable bonds is 3. The second-order valence-electron chi connectivity index (χ2n) is 3.43. The molecule has 0 spiro atoms. The molecular formula is C10H12BrClO. The quantitative estimate of drug-likeness (QED) is 0.752. The molecular weight excluding hydrogens is 251 g/mol. The van der Waals surface area contributed by atoms with E-state index in [1.807, 2.05) is 38.1 Å². The Bertz CT molecular complexity index is 286. The van der Waals surface area contributed by atoms with Gasteiger partial charge in [0.05, 0.1) is 5.02 Å². The van der Waals surface area contributed by atoms with Gasteiger partial charge in [0.1, 0.15) is 11.4 Å². The third kappa shape index (κ3) is 3.20. The average molecular weight is 264 g/mol. The highest BCUT2D eigenvalue weighted by Crippen LogP contribution is 2.27. The van der Waals surface area contributed by atoms with Crippen LogP contribution in [0.2, 0.25) is 5.02 Å². The second-order valence-corrected chi connectivity index (χ2v) is 4.39. The van der Waals surface area contributed by atoms with Gasteiger partial charge in [-0.25, -0.2) is 0 Å². The van der Waals surface area contributed by atoms with Crippen LogP contribution in [0.25, 0.3) is 0 Å². The number of para-hydroxylation sites is 1. The molecule has 13 heavy (non-hydrogen) atoms. The molecule has 0 saturated heterocycles. The fraction of sp³-hybridized carbons (Fsp3) is 0.400. The van der Waals surface area contributed by atoms with Gasteiger partial charge in [0.15, 0.2) is 0 Å². The van der Waals surface area contributed by atoms with Crippen LogP contribution in [0.3, 0.4) is 0 Å². The summed E-state index contributed by atoms with van der Waals surface area (Å²) in [6.07, 6.45) is 0. The Kier molecular flexibility index (Phi) is 3.63. The molecule has 0 aliphatic heterocycles. The standard InChI is InChI=1S/C10H12BrClO/c1-10(2,7-11)13-9-6-4-3-5-8(9)12/h3-6H,7H2,1-2H3. The number of alkyl halides is 1. The van der Waals surface area contributed by atoms with E-state index in [9.17, 15) is 0 Å². The third-order valence-corrected chi connectivity index (χ3v) is 3.21. The zero-order valence-electron chi connectivity index (χ0n) is 7.68. The van der Waals surface area contributed by atoms with Crippen LogP contribution >= 0.6 is 27.5 Å². The summed E-state index contributed by atoms with van der Waals surface area (Å²) in [7, 11) is 0. The summed E-state index contributed by atoms with van der Waals surface area (Å²) in [5.74, 6) is 0.730. The second kappa shape index (κ2) is 4.34. The van der Waals surface area contributed by atoms with E-state index in [0.717, 1.165) is 11.1 Å². The Balaban J connectivity index is 2.80. The van der Waals surface area contributed by atoms with Gasteiger partial charge in [-0.3, -0.25) is 0 Å². The van der Waals surface area contributed by atoms with Gasteiger partial charge < -0.3 is 4.74 Å². The van der Waals surface area contributed by atoms with Gasteiger partial charge in [0.25, 0.3) is 0 Å². The molecule has 72 valence electrons. The first-order valence-corrected chi connectivity index (χ1v) is 5.54. The molecule has 0 atom stereocenters. The molecule has 0 saturated carbocycles. The highest BCUT2D eigenvalue weighted by molar-refractivity contribution is 9.09. The van der Waals surface area contributed by atoms with Crippen molar-refractivity contribution in [1.82, 2.24) is 0 Å². The van der Waals surface area contributed by atoms with Crippen molar-refractivity contribution in [2.45, 2.75) is 19.4 Å². The predicted molar refractivity (Wildman–Crippen MR) is 60.0 cm³/mol. The highest BCUT2D eigenvalue weighted by atomic mass is 79.9. The van der Waals surface area contributed by atoms with Crippen LogP contribution in [-0.2, 0) is 0 Å². The summed E-state index contributed by atoms with van der Waals surface area (Å²) in [5, 5.41) is 1.42. The SMILES string of the molecule is CC(C)(CBr)Oc1ccccc1Cl. The van der Waals surface area contributed by atoms with E-state index >= 15 is 0 Å². The summed E-state index contributed by atoms with van der Waals surface area (Å²) in [6.45, 7) is 4.01. The molecule has 0 fully saturated rings. The molecule has 1 aromatic rings. The molecule has 0 unspecified atom stereocenters. The minimum atomic E-state index is -0.231. The Labute approximate surface area is 92.2 Å². The third-order valence-electron chi connectivity index (χ3n) is 1.54. The van der Waals surface area contributed by atoms with Crippen LogP contribution in [0.5, 0.6) is 5.75 Å². The maximum absolute atomic E-state index is 5.95. The van der Waals surface area contributed by atoms with Crippen molar-refractivity contribution in [3.05, 3.63) is 29.3 Å². The predicted octanol–water partition coefficient (Wildman–Crippen LogP) is 3.89. The molecule has 0 N–H and O–H groups in total. The minimum Gasteiger partial charge on any atom is -0.485 e. The number of hydrogen-bond donors (Lipinski definition) is 0. The molecule has 0 heterocycles. The van der Waals surface area contributed by atoms with E-state index in [0.29, 0.717) is 5.02 Å². The fourth-order valence-corrected chi connectivity index (χ4v) is 1.14. The Hall–Kier alpha value is -0.210. The summed E-state index contributed by atoms with van der Waals surface area (Å²) in [4.78, 5) is 0. The summed E-state index contributed by atoms with van der Waals surface area (Å²) < 4.78 is 5.70. The van der Waals surface area contributed by atoms with Gasteiger partial charge >= 0.3 is 0 Å². The number of hydrogen-bond acceptors (Lipinski definition) is 1. The van der Waals surface area contributed by atoms with Gasteiger partial charge in [-0.1, -0.05) is 39.7 Å². The molecule has 1 rings (SSSR count). The first-order chi connectivity index (χ1) is 6.05. The van der Waals surface area contributed by atoms with E-state index in [2.05, 4.69) is 15.9 Å². The lowest BCUT2D eigenvalue weighted by Gasteiger charge is -2.24. The van der Waals surface area contributed by atoms with Gasteiger partial charge in [-0.15, -0.1) is 0 Å². The zero-order chi connectivity index (χ0) is 9.90. The molecule has 0 aliphatic carbocycles. The highest BCUT2D eigenvalue weighted by Gasteiger charge is 2.18.